The summed E-state index contributed by atoms with van der Waals surface area (Å²) in [5, 5.41) is 2.93. The van der Waals surface area contributed by atoms with Crippen molar-refractivity contribution in [3.63, 3.8) is 0 Å². The lowest BCUT2D eigenvalue weighted by Gasteiger charge is -2.08. The molecule has 0 aliphatic heterocycles. The maximum absolute atomic E-state index is 11.9. The summed E-state index contributed by atoms with van der Waals surface area (Å²) in [5.41, 5.74) is 3.23. The Labute approximate surface area is 120 Å². The lowest BCUT2D eigenvalue weighted by atomic mass is 10.0. The van der Waals surface area contributed by atoms with Gasteiger partial charge in [-0.2, -0.15) is 0 Å². The third kappa shape index (κ3) is 4.23. The van der Waals surface area contributed by atoms with Gasteiger partial charge >= 0.3 is 0 Å². The molecule has 2 aromatic carbocycles. The van der Waals surface area contributed by atoms with E-state index in [1.165, 1.54) is 11.1 Å². The third-order valence-electron chi connectivity index (χ3n) is 3.14. The molecule has 0 aliphatic rings. The molecule has 0 unspecified atom stereocenters. The smallest absolute Gasteiger partial charge is 0.251 e. The first-order valence-corrected chi connectivity index (χ1v) is 7.06. The Morgan fingerprint density at radius 3 is 2.15 bits per heavy atom. The quantitative estimate of drug-likeness (QED) is 0.880. The van der Waals surface area contributed by atoms with Gasteiger partial charge in [-0.1, -0.05) is 56.3 Å². The molecule has 2 rings (SSSR count). The van der Waals surface area contributed by atoms with Crippen LogP contribution in [-0.2, 0) is 6.42 Å². The summed E-state index contributed by atoms with van der Waals surface area (Å²) in [5.74, 6) is 0.473. The summed E-state index contributed by atoms with van der Waals surface area (Å²) >= 11 is 0. The molecular formula is C18H21NO. The van der Waals surface area contributed by atoms with E-state index in [1.54, 1.807) is 0 Å². The zero-order valence-electron chi connectivity index (χ0n) is 12.1. The highest BCUT2D eigenvalue weighted by atomic mass is 16.1. The molecule has 0 bridgehead atoms. The maximum atomic E-state index is 11.9. The molecule has 0 aliphatic carbocycles. The number of benzene rings is 2. The van der Waals surface area contributed by atoms with Gasteiger partial charge in [0.05, 0.1) is 0 Å². The number of nitrogens with one attached hydrogen (secondary N) is 1. The lowest BCUT2D eigenvalue weighted by molar-refractivity contribution is 0.0949. The molecule has 0 atom stereocenters. The zero-order valence-corrected chi connectivity index (χ0v) is 12.1. The fourth-order valence-corrected chi connectivity index (χ4v) is 2.00. The lowest BCUT2D eigenvalue weighted by Crippen LogP contribution is -2.27. The second-order valence-corrected chi connectivity index (χ2v) is 5.46. The molecule has 2 aromatic rings. The molecule has 0 aromatic heterocycles. The Hall–Kier alpha value is -2.09. The van der Waals surface area contributed by atoms with Crippen molar-refractivity contribution >= 4 is 5.91 Å². The van der Waals surface area contributed by atoms with Crippen LogP contribution in [0.15, 0.2) is 54.6 Å². The van der Waals surface area contributed by atoms with Crippen molar-refractivity contribution in [3.05, 3.63) is 71.3 Å². The van der Waals surface area contributed by atoms with Crippen LogP contribution in [0.5, 0.6) is 0 Å². The standard InChI is InChI=1S/C18H21NO/c1-14(2)13-19-18(20)17-10-8-16(9-11-17)12-15-6-4-3-5-7-15/h3-11,14H,12-13H2,1-2H3,(H,19,20). The van der Waals surface area contributed by atoms with E-state index in [4.69, 9.17) is 0 Å². The molecule has 0 saturated carbocycles. The monoisotopic (exact) mass is 267 g/mol. The van der Waals surface area contributed by atoms with Crippen LogP contribution in [0.1, 0.15) is 35.3 Å². The van der Waals surface area contributed by atoms with Crippen molar-refractivity contribution < 1.29 is 4.79 Å². The minimum absolute atomic E-state index is 0.00459. The van der Waals surface area contributed by atoms with E-state index in [-0.39, 0.29) is 5.91 Å². The fourth-order valence-electron chi connectivity index (χ4n) is 2.00. The Kier molecular flexibility index (Phi) is 4.94. The second-order valence-electron chi connectivity index (χ2n) is 5.46. The van der Waals surface area contributed by atoms with Gasteiger partial charge in [-0.15, -0.1) is 0 Å². The summed E-state index contributed by atoms with van der Waals surface area (Å²) < 4.78 is 0. The molecule has 0 fully saturated rings. The third-order valence-corrected chi connectivity index (χ3v) is 3.14. The molecule has 1 amide bonds. The van der Waals surface area contributed by atoms with Gasteiger partial charge in [0, 0.05) is 12.1 Å². The van der Waals surface area contributed by atoms with E-state index >= 15 is 0 Å². The largest absolute Gasteiger partial charge is 0.352 e. The average molecular weight is 267 g/mol. The normalized spacial score (nSPS) is 10.6. The number of carbonyl (C=O) groups is 1. The minimum atomic E-state index is 0.00459. The van der Waals surface area contributed by atoms with Crippen LogP contribution in [0.2, 0.25) is 0 Å². The zero-order chi connectivity index (χ0) is 14.4. The molecule has 0 radical (unpaired) electrons. The Balaban J connectivity index is 1.97. The molecule has 0 spiro atoms. The van der Waals surface area contributed by atoms with Gasteiger partial charge in [-0.25, -0.2) is 0 Å². The van der Waals surface area contributed by atoms with E-state index in [0.717, 1.165) is 12.0 Å². The molecule has 0 saturated heterocycles. The minimum Gasteiger partial charge on any atom is -0.352 e. The van der Waals surface area contributed by atoms with Gasteiger partial charge < -0.3 is 5.32 Å². The van der Waals surface area contributed by atoms with Gasteiger partial charge in [0.15, 0.2) is 0 Å². The highest BCUT2D eigenvalue weighted by Gasteiger charge is 2.05. The number of hydrogen-bond donors (Lipinski definition) is 1. The van der Waals surface area contributed by atoms with Crippen molar-refractivity contribution in [1.29, 1.82) is 0 Å². The van der Waals surface area contributed by atoms with Gasteiger partial charge in [0.25, 0.3) is 5.91 Å². The summed E-state index contributed by atoms with van der Waals surface area (Å²) in [6.07, 6.45) is 0.898. The predicted molar refractivity (Wildman–Crippen MR) is 82.9 cm³/mol. The van der Waals surface area contributed by atoms with Crippen LogP contribution < -0.4 is 5.32 Å². The van der Waals surface area contributed by atoms with E-state index < -0.39 is 0 Å². The number of amides is 1. The maximum Gasteiger partial charge on any atom is 0.251 e. The van der Waals surface area contributed by atoms with Crippen molar-refractivity contribution in [2.45, 2.75) is 20.3 Å². The van der Waals surface area contributed by atoms with Crippen LogP contribution in [0.3, 0.4) is 0 Å². The predicted octanol–water partition coefficient (Wildman–Crippen LogP) is 3.66. The summed E-state index contributed by atoms with van der Waals surface area (Å²) in [6, 6.07) is 18.2. The molecule has 2 nitrogen and oxygen atoms in total. The SMILES string of the molecule is CC(C)CNC(=O)c1ccc(Cc2ccccc2)cc1. The Bertz CT molecular complexity index is 543. The molecule has 0 heterocycles. The molecular weight excluding hydrogens is 246 g/mol. The van der Waals surface area contributed by atoms with Gasteiger partial charge in [-0.3, -0.25) is 4.79 Å². The molecule has 1 N–H and O–H groups in total. The summed E-state index contributed by atoms with van der Waals surface area (Å²) in [6.45, 7) is 4.89. The van der Waals surface area contributed by atoms with Crippen molar-refractivity contribution in [1.82, 2.24) is 5.32 Å². The number of hydrogen-bond acceptors (Lipinski definition) is 1. The van der Waals surface area contributed by atoms with Gasteiger partial charge in [0.2, 0.25) is 0 Å². The van der Waals surface area contributed by atoms with E-state index in [9.17, 15) is 4.79 Å². The second kappa shape index (κ2) is 6.90. The van der Waals surface area contributed by atoms with E-state index in [0.29, 0.717) is 12.5 Å². The highest BCUT2D eigenvalue weighted by molar-refractivity contribution is 5.94. The molecule has 104 valence electrons. The topological polar surface area (TPSA) is 29.1 Å². The van der Waals surface area contributed by atoms with Gasteiger partial charge in [0.1, 0.15) is 0 Å². The first-order chi connectivity index (χ1) is 9.65. The molecule has 20 heavy (non-hydrogen) atoms. The average Bonchev–Trinajstić information content (AvgIpc) is 2.46. The van der Waals surface area contributed by atoms with E-state index in [1.807, 2.05) is 42.5 Å². The highest BCUT2D eigenvalue weighted by Crippen LogP contribution is 2.10. The Morgan fingerprint density at radius 1 is 0.950 bits per heavy atom. The van der Waals surface area contributed by atoms with Crippen LogP contribution >= 0.6 is 0 Å². The van der Waals surface area contributed by atoms with Crippen LogP contribution in [0, 0.1) is 5.92 Å². The van der Waals surface area contributed by atoms with Crippen LogP contribution in [0.4, 0.5) is 0 Å². The summed E-state index contributed by atoms with van der Waals surface area (Å²) in [7, 11) is 0. The van der Waals surface area contributed by atoms with Crippen molar-refractivity contribution in [2.75, 3.05) is 6.54 Å². The van der Waals surface area contributed by atoms with Crippen LogP contribution in [-0.4, -0.2) is 12.5 Å². The molecule has 2 heteroatoms. The van der Waals surface area contributed by atoms with Gasteiger partial charge in [-0.05, 0) is 35.6 Å². The van der Waals surface area contributed by atoms with Crippen molar-refractivity contribution in [3.8, 4) is 0 Å². The Morgan fingerprint density at radius 2 is 1.55 bits per heavy atom. The van der Waals surface area contributed by atoms with Crippen molar-refractivity contribution in [2.24, 2.45) is 5.92 Å². The van der Waals surface area contributed by atoms with E-state index in [2.05, 4.69) is 31.3 Å². The first kappa shape index (κ1) is 14.3. The summed E-state index contributed by atoms with van der Waals surface area (Å²) in [4.78, 5) is 11.9. The van der Waals surface area contributed by atoms with Crippen LogP contribution in [0.25, 0.3) is 0 Å². The number of rotatable bonds is 5. The fraction of sp³-hybridized carbons (Fsp3) is 0.278. The first-order valence-electron chi connectivity index (χ1n) is 7.06. The number of carbonyl (C=O) groups excluding carboxylic acids is 1.